The molecule has 1 heterocycles. The fraction of sp³-hybridized carbons (Fsp3) is 0.600. The third kappa shape index (κ3) is 2.72. The highest BCUT2D eigenvalue weighted by Crippen LogP contribution is 2.60. The highest BCUT2D eigenvalue weighted by Gasteiger charge is 2.53. The highest BCUT2D eigenvalue weighted by atomic mass is 16.1. The lowest BCUT2D eigenvalue weighted by Crippen LogP contribution is -2.31. The van der Waals surface area contributed by atoms with Gasteiger partial charge in [0.05, 0.1) is 5.56 Å². The number of carbonyl (C=O) groups excluding carboxylic acids is 1. The fourth-order valence-electron chi connectivity index (χ4n) is 2.76. The first-order chi connectivity index (χ1) is 9.23. The molecule has 2 fully saturated rings. The van der Waals surface area contributed by atoms with Crippen molar-refractivity contribution in [2.75, 3.05) is 18.4 Å². The van der Waals surface area contributed by atoms with Crippen LogP contribution >= 0.6 is 0 Å². The van der Waals surface area contributed by atoms with Gasteiger partial charge in [0.1, 0.15) is 5.82 Å². The molecule has 4 heteroatoms. The number of pyridine rings is 1. The Morgan fingerprint density at radius 3 is 2.74 bits per heavy atom. The minimum atomic E-state index is 0.00229. The fourth-order valence-corrected chi connectivity index (χ4v) is 2.76. The minimum absolute atomic E-state index is 0.00229. The van der Waals surface area contributed by atoms with Crippen LogP contribution in [0.1, 0.15) is 43.0 Å². The zero-order valence-corrected chi connectivity index (χ0v) is 11.4. The molecule has 0 aliphatic heterocycles. The maximum absolute atomic E-state index is 12.1. The molecule has 0 aromatic carbocycles. The van der Waals surface area contributed by atoms with E-state index in [9.17, 15) is 4.79 Å². The van der Waals surface area contributed by atoms with Crippen molar-refractivity contribution in [3.8, 4) is 0 Å². The Bertz CT molecular complexity index is 461. The molecule has 102 valence electrons. The summed E-state index contributed by atoms with van der Waals surface area (Å²) >= 11 is 0. The molecule has 2 N–H and O–H groups in total. The lowest BCUT2D eigenvalue weighted by molar-refractivity contribution is 0.0942. The van der Waals surface area contributed by atoms with Gasteiger partial charge >= 0.3 is 0 Å². The first-order valence-corrected chi connectivity index (χ1v) is 7.22. The molecule has 1 amide bonds. The van der Waals surface area contributed by atoms with Gasteiger partial charge in [0.2, 0.25) is 0 Å². The van der Waals surface area contributed by atoms with Crippen molar-refractivity contribution in [2.45, 2.75) is 32.6 Å². The van der Waals surface area contributed by atoms with Gasteiger partial charge in [0.25, 0.3) is 5.91 Å². The van der Waals surface area contributed by atoms with E-state index in [1.165, 1.54) is 25.7 Å². The standard InChI is InChI=1S/C15H21N3O/c1-2-16-13-6-3-11(9-17-13)14(19)18-10-15(7-8-15)12-4-5-12/h3,6,9,12H,2,4-5,7-8,10H2,1H3,(H,16,17)(H,18,19). The van der Waals surface area contributed by atoms with Gasteiger partial charge < -0.3 is 10.6 Å². The van der Waals surface area contributed by atoms with Crippen LogP contribution in [0.2, 0.25) is 0 Å². The Kier molecular flexibility index (Phi) is 3.17. The molecule has 1 aromatic heterocycles. The molecule has 2 saturated carbocycles. The number of nitrogens with zero attached hydrogens (tertiary/aromatic N) is 1. The normalized spacial score (nSPS) is 19.8. The SMILES string of the molecule is CCNc1ccc(C(=O)NCC2(C3CC3)CC2)cn1. The summed E-state index contributed by atoms with van der Waals surface area (Å²) in [6.07, 6.45) is 6.93. The molecule has 0 unspecified atom stereocenters. The van der Waals surface area contributed by atoms with Gasteiger partial charge in [-0.1, -0.05) is 0 Å². The van der Waals surface area contributed by atoms with Crippen molar-refractivity contribution >= 4 is 11.7 Å². The average Bonchev–Trinajstić information content (AvgIpc) is 3.29. The first-order valence-electron chi connectivity index (χ1n) is 7.22. The van der Waals surface area contributed by atoms with Crippen LogP contribution in [0.25, 0.3) is 0 Å². The molecule has 3 rings (SSSR count). The molecular weight excluding hydrogens is 238 g/mol. The summed E-state index contributed by atoms with van der Waals surface area (Å²) in [5.74, 6) is 1.69. The third-order valence-corrected chi connectivity index (χ3v) is 4.32. The molecule has 0 radical (unpaired) electrons. The highest BCUT2D eigenvalue weighted by molar-refractivity contribution is 5.94. The number of amides is 1. The molecule has 4 nitrogen and oxygen atoms in total. The number of rotatable bonds is 6. The maximum atomic E-state index is 12.1. The zero-order chi connectivity index (χ0) is 13.3. The van der Waals surface area contributed by atoms with E-state index in [1.807, 2.05) is 19.1 Å². The second kappa shape index (κ2) is 4.83. The number of carbonyl (C=O) groups is 1. The molecule has 0 bridgehead atoms. The van der Waals surface area contributed by atoms with Crippen LogP contribution in [0.4, 0.5) is 5.82 Å². The van der Waals surface area contributed by atoms with Crippen molar-refractivity contribution in [3.63, 3.8) is 0 Å². The monoisotopic (exact) mass is 259 g/mol. The van der Waals surface area contributed by atoms with Crippen molar-refractivity contribution in [3.05, 3.63) is 23.9 Å². The Morgan fingerprint density at radius 1 is 1.42 bits per heavy atom. The van der Waals surface area contributed by atoms with Crippen LogP contribution in [0.3, 0.4) is 0 Å². The summed E-state index contributed by atoms with van der Waals surface area (Å²) in [6, 6.07) is 3.68. The summed E-state index contributed by atoms with van der Waals surface area (Å²) in [5.41, 5.74) is 1.10. The molecule has 1 aromatic rings. The Morgan fingerprint density at radius 2 is 2.21 bits per heavy atom. The number of hydrogen-bond donors (Lipinski definition) is 2. The van der Waals surface area contributed by atoms with Gasteiger partial charge in [-0.05, 0) is 56.1 Å². The second-order valence-corrected chi connectivity index (χ2v) is 5.78. The van der Waals surface area contributed by atoms with E-state index in [4.69, 9.17) is 0 Å². The molecule has 2 aliphatic carbocycles. The molecule has 0 saturated heterocycles. The largest absolute Gasteiger partial charge is 0.370 e. The summed E-state index contributed by atoms with van der Waals surface area (Å²) < 4.78 is 0. The Balaban J connectivity index is 1.54. The van der Waals surface area contributed by atoms with Gasteiger partial charge in [-0.3, -0.25) is 4.79 Å². The maximum Gasteiger partial charge on any atom is 0.252 e. The predicted molar refractivity (Wildman–Crippen MR) is 75.1 cm³/mol. The van der Waals surface area contributed by atoms with Crippen LogP contribution in [0.15, 0.2) is 18.3 Å². The summed E-state index contributed by atoms with van der Waals surface area (Å²) in [4.78, 5) is 16.3. The van der Waals surface area contributed by atoms with Crippen LogP contribution in [0, 0.1) is 11.3 Å². The predicted octanol–water partition coefficient (Wildman–Crippen LogP) is 2.43. The topological polar surface area (TPSA) is 54.0 Å². The van der Waals surface area contributed by atoms with Gasteiger partial charge in [0, 0.05) is 19.3 Å². The average molecular weight is 259 g/mol. The third-order valence-electron chi connectivity index (χ3n) is 4.32. The smallest absolute Gasteiger partial charge is 0.252 e. The second-order valence-electron chi connectivity index (χ2n) is 5.78. The molecule has 0 spiro atoms. The van der Waals surface area contributed by atoms with Crippen LogP contribution in [-0.4, -0.2) is 24.0 Å². The summed E-state index contributed by atoms with van der Waals surface area (Å²) in [6.45, 7) is 3.70. The Labute approximate surface area is 114 Å². The van der Waals surface area contributed by atoms with Crippen LogP contribution < -0.4 is 10.6 Å². The minimum Gasteiger partial charge on any atom is -0.370 e. The van der Waals surface area contributed by atoms with E-state index in [0.29, 0.717) is 11.0 Å². The molecule has 0 atom stereocenters. The lowest BCUT2D eigenvalue weighted by Gasteiger charge is -2.14. The van der Waals surface area contributed by atoms with Gasteiger partial charge in [-0.25, -0.2) is 4.98 Å². The lowest BCUT2D eigenvalue weighted by atomic mass is 10.0. The molecule has 2 aliphatic rings. The number of aromatic nitrogens is 1. The van der Waals surface area contributed by atoms with E-state index in [0.717, 1.165) is 24.8 Å². The zero-order valence-electron chi connectivity index (χ0n) is 11.4. The number of anilines is 1. The van der Waals surface area contributed by atoms with Crippen molar-refractivity contribution in [1.29, 1.82) is 0 Å². The van der Waals surface area contributed by atoms with Crippen molar-refractivity contribution in [1.82, 2.24) is 10.3 Å². The molecular formula is C15H21N3O. The quantitative estimate of drug-likeness (QED) is 0.825. The van der Waals surface area contributed by atoms with E-state index in [2.05, 4.69) is 15.6 Å². The molecule has 19 heavy (non-hydrogen) atoms. The van der Waals surface area contributed by atoms with Crippen molar-refractivity contribution in [2.24, 2.45) is 11.3 Å². The van der Waals surface area contributed by atoms with E-state index >= 15 is 0 Å². The van der Waals surface area contributed by atoms with Crippen LogP contribution in [0.5, 0.6) is 0 Å². The van der Waals surface area contributed by atoms with Gasteiger partial charge in [-0.15, -0.1) is 0 Å². The first kappa shape index (κ1) is 12.5. The number of hydrogen-bond acceptors (Lipinski definition) is 3. The summed E-state index contributed by atoms with van der Waals surface area (Å²) in [5, 5.41) is 6.20. The van der Waals surface area contributed by atoms with Gasteiger partial charge in [-0.2, -0.15) is 0 Å². The summed E-state index contributed by atoms with van der Waals surface area (Å²) in [7, 11) is 0. The van der Waals surface area contributed by atoms with E-state index in [1.54, 1.807) is 6.20 Å². The van der Waals surface area contributed by atoms with E-state index in [-0.39, 0.29) is 5.91 Å². The van der Waals surface area contributed by atoms with Gasteiger partial charge in [0.15, 0.2) is 0 Å². The van der Waals surface area contributed by atoms with Crippen LogP contribution in [-0.2, 0) is 0 Å². The van der Waals surface area contributed by atoms with Crippen molar-refractivity contribution < 1.29 is 4.79 Å². The number of nitrogens with one attached hydrogen (secondary N) is 2. The Hall–Kier alpha value is -1.58. The van der Waals surface area contributed by atoms with E-state index < -0.39 is 0 Å².